The fraction of sp³-hybridized carbons (Fsp3) is 0.308. The van der Waals surface area contributed by atoms with Gasteiger partial charge in [-0.25, -0.2) is 0 Å². The number of carboxylic acids is 1. The van der Waals surface area contributed by atoms with E-state index >= 15 is 0 Å². The van der Waals surface area contributed by atoms with Crippen LogP contribution in [0.15, 0.2) is 18.2 Å². The Morgan fingerprint density at radius 3 is 2.36 bits per heavy atom. The molecule has 4 N–H and O–H groups in total. The summed E-state index contributed by atoms with van der Waals surface area (Å²) in [4.78, 5) is 33.2. The second-order valence-corrected chi connectivity index (χ2v) is 4.05. The molecule has 1 amide bonds. The normalized spacial score (nSPS) is 8.95. The van der Waals surface area contributed by atoms with E-state index in [0.717, 1.165) is 0 Å². The number of aliphatic carboxylic acids is 1. The van der Waals surface area contributed by atoms with Crippen molar-refractivity contribution in [3.05, 3.63) is 23.8 Å². The van der Waals surface area contributed by atoms with Crippen molar-refractivity contribution in [1.82, 2.24) is 0 Å². The zero-order chi connectivity index (χ0) is 15.1. The minimum atomic E-state index is -0.978. The number of carbonyl (C=O) groups is 3. The Balaban J connectivity index is 0. The summed E-state index contributed by atoms with van der Waals surface area (Å²) in [5.74, 6) is -2.23. The molecule has 1 rings (SSSR count). The van der Waals surface area contributed by atoms with Crippen LogP contribution in [0.5, 0.6) is 5.75 Å². The molecule has 112 valence electrons. The number of hydrogen-bond donors (Lipinski definition) is 3. The van der Waals surface area contributed by atoms with E-state index in [4.69, 9.17) is 15.6 Å². The van der Waals surface area contributed by atoms with Gasteiger partial charge in [0.15, 0.2) is 0 Å². The van der Waals surface area contributed by atoms with E-state index in [9.17, 15) is 14.4 Å². The molecule has 0 atom stereocenters. The number of esters is 1. The van der Waals surface area contributed by atoms with Gasteiger partial charge in [-0.15, -0.1) is 0 Å². The number of carboxylic acid groups (broad SMARTS) is 1. The van der Waals surface area contributed by atoms with Crippen LogP contribution >= 0.6 is 0 Å². The third kappa shape index (κ3) is 8.17. The number of anilines is 1. The summed E-state index contributed by atoms with van der Waals surface area (Å²) < 4.78 is 5.03. The summed E-state index contributed by atoms with van der Waals surface area (Å²) in [6.45, 7) is 0. The summed E-state index contributed by atoms with van der Waals surface area (Å²) in [7, 11) is 1.68. The van der Waals surface area contributed by atoms with Gasteiger partial charge in [-0.3, -0.25) is 14.4 Å². The van der Waals surface area contributed by atoms with Gasteiger partial charge in [0.2, 0.25) is 0 Å². The molecule has 22 heavy (non-hydrogen) atoms. The first-order chi connectivity index (χ1) is 9.43. The Kier molecular flexibility index (Phi) is 12.8. The van der Waals surface area contributed by atoms with Gasteiger partial charge in [-0.1, -0.05) is 0 Å². The molecule has 1 aromatic rings. The maximum atomic E-state index is 11.5. The molecule has 0 radical (unpaired) electrons. The van der Waals surface area contributed by atoms with E-state index in [2.05, 4.69) is 5.32 Å². The van der Waals surface area contributed by atoms with Crippen molar-refractivity contribution in [3.63, 3.8) is 0 Å². The number of amides is 1. The predicted octanol–water partition coefficient (Wildman–Crippen LogP) is -0.310. The van der Waals surface area contributed by atoms with Crippen LogP contribution in [0.3, 0.4) is 0 Å². The van der Waals surface area contributed by atoms with Crippen molar-refractivity contribution in [3.8, 4) is 5.75 Å². The van der Waals surface area contributed by atoms with Gasteiger partial charge in [0.05, 0.1) is 5.56 Å². The standard InChI is InChI=1S/C13H16N2O5.2Na.2H/c1-15-8-5-6-10(9(7-8)13(14)19)20-12(18)4-2-3-11(16)17;;;;/h5-7,15H,2-4H2,1H3,(H2,14,19)(H,16,17);;;;. The Hall–Kier alpha value is -0.570. The second-order valence-electron chi connectivity index (χ2n) is 4.05. The number of benzene rings is 1. The molecule has 0 saturated heterocycles. The molecule has 0 saturated carbocycles. The van der Waals surface area contributed by atoms with Crippen LogP contribution in [0.1, 0.15) is 29.6 Å². The molecule has 0 unspecified atom stereocenters. The summed E-state index contributed by atoms with van der Waals surface area (Å²) in [6.07, 6.45) is 0.0173. The van der Waals surface area contributed by atoms with Crippen molar-refractivity contribution >= 4 is 82.6 Å². The van der Waals surface area contributed by atoms with Crippen LogP contribution in [0.25, 0.3) is 0 Å². The van der Waals surface area contributed by atoms with E-state index in [1.165, 1.54) is 12.1 Å². The van der Waals surface area contributed by atoms with Crippen LogP contribution in [0.4, 0.5) is 5.69 Å². The van der Waals surface area contributed by atoms with Crippen molar-refractivity contribution in [2.45, 2.75) is 19.3 Å². The molecule has 1 aromatic carbocycles. The zero-order valence-electron chi connectivity index (χ0n) is 11.0. The fourth-order valence-electron chi connectivity index (χ4n) is 1.52. The van der Waals surface area contributed by atoms with Crippen molar-refractivity contribution in [2.24, 2.45) is 5.73 Å². The number of carbonyl (C=O) groups excluding carboxylic acids is 2. The van der Waals surface area contributed by atoms with Crippen LogP contribution in [0, 0.1) is 0 Å². The van der Waals surface area contributed by atoms with Gasteiger partial charge < -0.3 is 20.9 Å². The monoisotopic (exact) mass is 328 g/mol. The average Bonchev–Trinajstić information content (AvgIpc) is 2.38. The number of nitrogens with two attached hydrogens (primary N) is 1. The molecule has 0 spiro atoms. The third-order valence-corrected chi connectivity index (χ3v) is 2.53. The molecule has 9 heteroatoms. The number of rotatable bonds is 7. The van der Waals surface area contributed by atoms with Crippen molar-refractivity contribution < 1.29 is 24.2 Å². The summed E-state index contributed by atoms with van der Waals surface area (Å²) in [6, 6.07) is 4.57. The maximum absolute atomic E-state index is 11.5. The molecule has 7 nitrogen and oxygen atoms in total. The summed E-state index contributed by atoms with van der Waals surface area (Å²) >= 11 is 0. The van der Waals surface area contributed by atoms with Crippen LogP contribution in [-0.2, 0) is 9.59 Å². The first-order valence-electron chi connectivity index (χ1n) is 5.98. The Labute approximate surface area is 172 Å². The molecule has 0 fully saturated rings. The van der Waals surface area contributed by atoms with E-state index in [1.54, 1.807) is 13.1 Å². The van der Waals surface area contributed by atoms with E-state index in [0.29, 0.717) is 5.69 Å². The first kappa shape index (κ1) is 23.7. The Morgan fingerprint density at radius 2 is 1.86 bits per heavy atom. The van der Waals surface area contributed by atoms with Crippen LogP contribution < -0.4 is 15.8 Å². The molecule has 0 aliphatic carbocycles. The Bertz CT molecular complexity index is 537. The van der Waals surface area contributed by atoms with Crippen molar-refractivity contribution in [2.75, 3.05) is 12.4 Å². The van der Waals surface area contributed by atoms with Gasteiger partial charge in [0.1, 0.15) is 5.75 Å². The van der Waals surface area contributed by atoms with Gasteiger partial charge in [0, 0.05) is 25.6 Å². The minimum absolute atomic E-state index is 0. The molecule has 0 aliphatic heterocycles. The van der Waals surface area contributed by atoms with Gasteiger partial charge >= 0.3 is 71.1 Å². The van der Waals surface area contributed by atoms with E-state index in [-0.39, 0.29) is 89.7 Å². The van der Waals surface area contributed by atoms with Crippen LogP contribution in [-0.4, -0.2) is 89.1 Å². The van der Waals surface area contributed by atoms with E-state index in [1.807, 2.05) is 0 Å². The van der Waals surface area contributed by atoms with Gasteiger partial charge in [-0.05, 0) is 24.6 Å². The molecular weight excluding hydrogens is 310 g/mol. The molecule has 0 aliphatic rings. The van der Waals surface area contributed by atoms with Crippen molar-refractivity contribution in [1.29, 1.82) is 0 Å². The molecule has 0 bridgehead atoms. The zero-order valence-corrected chi connectivity index (χ0v) is 11.0. The van der Waals surface area contributed by atoms with Gasteiger partial charge in [-0.2, -0.15) is 0 Å². The average molecular weight is 328 g/mol. The number of primary amides is 1. The molecule has 0 heterocycles. The Morgan fingerprint density at radius 1 is 1.23 bits per heavy atom. The SMILES string of the molecule is CNc1ccc(OC(=O)CCCC(=O)O)c(C(N)=O)c1.[NaH].[NaH]. The summed E-state index contributed by atoms with van der Waals surface area (Å²) in [5, 5.41) is 11.3. The van der Waals surface area contributed by atoms with E-state index < -0.39 is 17.8 Å². The quantitative estimate of drug-likeness (QED) is 0.359. The summed E-state index contributed by atoms with van der Waals surface area (Å²) in [5.41, 5.74) is 5.96. The number of hydrogen-bond acceptors (Lipinski definition) is 5. The second kappa shape index (κ2) is 11.9. The first-order valence-corrected chi connectivity index (χ1v) is 5.98. The number of nitrogens with one attached hydrogen (secondary N) is 1. The fourth-order valence-corrected chi connectivity index (χ4v) is 1.52. The van der Waals surface area contributed by atoms with Crippen LogP contribution in [0.2, 0.25) is 0 Å². The van der Waals surface area contributed by atoms with Gasteiger partial charge in [0.25, 0.3) is 5.91 Å². The topological polar surface area (TPSA) is 119 Å². The molecular formula is C13H18N2Na2O5. The third-order valence-electron chi connectivity index (χ3n) is 2.53. The number of ether oxygens (including phenoxy) is 1. The predicted molar refractivity (Wildman–Crippen MR) is 85.9 cm³/mol. The molecule has 0 aromatic heterocycles.